The lowest BCUT2D eigenvalue weighted by molar-refractivity contribution is 0.0245. The molecule has 0 radical (unpaired) electrons. The third-order valence-electron chi connectivity index (χ3n) is 2.66. The van der Waals surface area contributed by atoms with Crippen molar-refractivity contribution in [3.63, 3.8) is 0 Å². The van der Waals surface area contributed by atoms with Crippen molar-refractivity contribution in [2.75, 3.05) is 20.8 Å². The first kappa shape index (κ1) is 14.5. The van der Waals surface area contributed by atoms with E-state index in [1.54, 1.807) is 14.2 Å². The Labute approximate surface area is 111 Å². The molecule has 17 heavy (non-hydrogen) atoms. The summed E-state index contributed by atoms with van der Waals surface area (Å²) in [7, 11) is 3.27. The lowest BCUT2D eigenvalue weighted by Crippen LogP contribution is -2.29. The molecule has 0 spiro atoms. The van der Waals surface area contributed by atoms with Crippen molar-refractivity contribution in [1.82, 2.24) is 0 Å². The Bertz CT molecular complexity index is 364. The Morgan fingerprint density at radius 1 is 1.35 bits per heavy atom. The normalized spacial score (nSPS) is 14.4. The van der Waals surface area contributed by atoms with E-state index < -0.39 is 5.60 Å². The quantitative estimate of drug-likeness (QED) is 0.878. The average molecular weight is 303 g/mol. The van der Waals surface area contributed by atoms with E-state index in [0.717, 1.165) is 15.8 Å². The molecular weight excluding hydrogens is 284 g/mol. The largest absolute Gasteiger partial charge is 0.496 e. The molecule has 1 aromatic rings. The van der Waals surface area contributed by atoms with Gasteiger partial charge < -0.3 is 14.6 Å². The van der Waals surface area contributed by atoms with Gasteiger partial charge in [0.05, 0.1) is 12.7 Å². The van der Waals surface area contributed by atoms with E-state index in [2.05, 4.69) is 15.9 Å². The molecule has 0 saturated heterocycles. The second-order valence-electron chi connectivity index (χ2n) is 4.37. The van der Waals surface area contributed by atoms with Gasteiger partial charge in [-0.1, -0.05) is 15.9 Å². The molecule has 0 aromatic heterocycles. The van der Waals surface area contributed by atoms with E-state index in [1.165, 1.54) is 0 Å². The van der Waals surface area contributed by atoms with Gasteiger partial charge in [-0.2, -0.15) is 0 Å². The molecule has 1 atom stereocenters. The molecule has 1 unspecified atom stereocenters. The Kier molecular flexibility index (Phi) is 5.43. The van der Waals surface area contributed by atoms with Crippen molar-refractivity contribution in [2.24, 2.45) is 0 Å². The maximum atomic E-state index is 10.3. The first-order valence-electron chi connectivity index (χ1n) is 5.52. The standard InChI is InChI=1S/C13H19BrO3/c1-13(15,6-7-16-2)9-10-8-11(14)4-5-12(10)17-3/h4-5,8,15H,6-7,9H2,1-3H3. The third-order valence-corrected chi connectivity index (χ3v) is 3.15. The van der Waals surface area contributed by atoms with Gasteiger partial charge in [-0.15, -0.1) is 0 Å². The summed E-state index contributed by atoms with van der Waals surface area (Å²) < 4.78 is 11.3. The minimum atomic E-state index is -0.788. The van der Waals surface area contributed by atoms with Crippen LogP contribution in [0.1, 0.15) is 18.9 Å². The fourth-order valence-electron chi connectivity index (χ4n) is 1.71. The van der Waals surface area contributed by atoms with Crippen LogP contribution in [-0.4, -0.2) is 31.5 Å². The summed E-state index contributed by atoms with van der Waals surface area (Å²) >= 11 is 3.42. The summed E-state index contributed by atoms with van der Waals surface area (Å²) in [6.07, 6.45) is 1.14. The van der Waals surface area contributed by atoms with Gasteiger partial charge in [0.25, 0.3) is 0 Å². The highest BCUT2D eigenvalue weighted by Gasteiger charge is 2.22. The van der Waals surface area contributed by atoms with Crippen molar-refractivity contribution in [2.45, 2.75) is 25.4 Å². The van der Waals surface area contributed by atoms with Crippen molar-refractivity contribution in [3.05, 3.63) is 28.2 Å². The maximum Gasteiger partial charge on any atom is 0.122 e. The van der Waals surface area contributed by atoms with Crippen LogP contribution in [0.2, 0.25) is 0 Å². The molecule has 1 rings (SSSR count). The number of ether oxygens (including phenoxy) is 2. The highest BCUT2D eigenvalue weighted by Crippen LogP contribution is 2.27. The molecule has 0 aliphatic carbocycles. The van der Waals surface area contributed by atoms with Crippen molar-refractivity contribution >= 4 is 15.9 Å². The fraction of sp³-hybridized carbons (Fsp3) is 0.538. The first-order valence-corrected chi connectivity index (χ1v) is 6.31. The topological polar surface area (TPSA) is 38.7 Å². The van der Waals surface area contributed by atoms with E-state index in [0.29, 0.717) is 19.4 Å². The Morgan fingerprint density at radius 2 is 2.06 bits per heavy atom. The number of benzene rings is 1. The van der Waals surface area contributed by atoms with Gasteiger partial charge in [-0.25, -0.2) is 0 Å². The fourth-order valence-corrected chi connectivity index (χ4v) is 2.11. The van der Waals surface area contributed by atoms with Crippen molar-refractivity contribution < 1.29 is 14.6 Å². The smallest absolute Gasteiger partial charge is 0.122 e. The van der Waals surface area contributed by atoms with Crippen LogP contribution in [0.3, 0.4) is 0 Å². The Hall–Kier alpha value is -0.580. The lowest BCUT2D eigenvalue weighted by atomic mass is 9.93. The van der Waals surface area contributed by atoms with Gasteiger partial charge in [0.15, 0.2) is 0 Å². The molecular formula is C13H19BrO3. The summed E-state index contributed by atoms with van der Waals surface area (Å²) in [6, 6.07) is 5.79. The van der Waals surface area contributed by atoms with Crippen LogP contribution in [0.5, 0.6) is 5.75 Å². The maximum absolute atomic E-state index is 10.3. The summed E-state index contributed by atoms with van der Waals surface area (Å²) in [5.41, 5.74) is 0.201. The van der Waals surface area contributed by atoms with Gasteiger partial charge in [0.1, 0.15) is 5.75 Å². The van der Waals surface area contributed by atoms with E-state index in [-0.39, 0.29) is 0 Å². The van der Waals surface area contributed by atoms with Crippen molar-refractivity contribution in [3.8, 4) is 5.75 Å². The zero-order valence-corrected chi connectivity index (χ0v) is 12.1. The highest BCUT2D eigenvalue weighted by atomic mass is 79.9. The van der Waals surface area contributed by atoms with Gasteiger partial charge in [-0.3, -0.25) is 0 Å². The predicted octanol–water partition coefficient (Wildman–Crippen LogP) is 2.79. The summed E-state index contributed by atoms with van der Waals surface area (Å²) in [6.45, 7) is 2.36. The number of halogens is 1. The zero-order chi connectivity index (χ0) is 12.9. The molecule has 0 saturated carbocycles. The number of aliphatic hydroxyl groups is 1. The van der Waals surface area contributed by atoms with E-state index >= 15 is 0 Å². The predicted molar refractivity (Wildman–Crippen MR) is 71.5 cm³/mol. The SMILES string of the molecule is COCCC(C)(O)Cc1cc(Br)ccc1OC. The van der Waals surface area contributed by atoms with E-state index in [4.69, 9.17) is 9.47 Å². The molecule has 0 aliphatic heterocycles. The van der Waals surface area contributed by atoms with E-state index in [1.807, 2.05) is 25.1 Å². The second kappa shape index (κ2) is 6.38. The Balaban J connectivity index is 2.82. The molecule has 96 valence electrons. The van der Waals surface area contributed by atoms with Crippen LogP contribution in [0.15, 0.2) is 22.7 Å². The van der Waals surface area contributed by atoms with Gasteiger partial charge in [0.2, 0.25) is 0 Å². The van der Waals surface area contributed by atoms with Gasteiger partial charge in [-0.05, 0) is 37.1 Å². The van der Waals surface area contributed by atoms with Crippen LogP contribution in [0.25, 0.3) is 0 Å². The molecule has 0 heterocycles. The van der Waals surface area contributed by atoms with Gasteiger partial charge >= 0.3 is 0 Å². The molecule has 3 nitrogen and oxygen atoms in total. The highest BCUT2D eigenvalue weighted by molar-refractivity contribution is 9.10. The summed E-state index contributed by atoms with van der Waals surface area (Å²) in [4.78, 5) is 0. The first-order chi connectivity index (χ1) is 7.98. The van der Waals surface area contributed by atoms with Crippen LogP contribution < -0.4 is 4.74 Å². The van der Waals surface area contributed by atoms with E-state index in [9.17, 15) is 5.11 Å². The summed E-state index contributed by atoms with van der Waals surface area (Å²) in [5.74, 6) is 0.797. The van der Waals surface area contributed by atoms with Crippen molar-refractivity contribution in [1.29, 1.82) is 0 Å². The number of methoxy groups -OCH3 is 2. The van der Waals surface area contributed by atoms with Gasteiger partial charge in [0, 0.05) is 24.6 Å². The molecule has 1 N–H and O–H groups in total. The zero-order valence-electron chi connectivity index (χ0n) is 10.5. The molecule has 0 fully saturated rings. The molecule has 0 aliphatic rings. The minimum Gasteiger partial charge on any atom is -0.496 e. The lowest BCUT2D eigenvalue weighted by Gasteiger charge is -2.24. The third kappa shape index (κ3) is 4.66. The van der Waals surface area contributed by atoms with Crippen LogP contribution in [0.4, 0.5) is 0 Å². The van der Waals surface area contributed by atoms with Crippen LogP contribution in [-0.2, 0) is 11.2 Å². The summed E-state index contributed by atoms with van der Waals surface area (Å²) in [5, 5.41) is 10.3. The second-order valence-corrected chi connectivity index (χ2v) is 5.29. The van der Waals surface area contributed by atoms with Crippen LogP contribution in [0, 0.1) is 0 Å². The number of hydrogen-bond donors (Lipinski definition) is 1. The number of hydrogen-bond acceptors (Lipinski definition) is 3. The molecule has 4 heteroatoms. The monoisotopic (exact) mass is 302 g/mol. The minimum absolute atomic E-state index is 0.541. The number of rotatable bonds is 6. The average Bonchev–Trinajstić information content (AvgIpc) is 2.26. The molecule has 0 bridgehead atoms. The molecule has 0 amide bonds. The molecule has 1 aromatic carbocycles. The van der Waals surface area contributed by atoms with Crippen LogP contribution >= 0.6 is 15.9 Å². The Morgan fingerprint density at radius 3 is 2.65 bits per heavy atom.